The fraction of sp³-hybridized carbons (Fsp3) is 0.100. The van der Waals surface area contributed by atoms with Crippen molar-refractivity contribution in [3.63, 3.8) is 0 Å². The summed E-state index contributed by atoms with van der Waals surface area (Å²) >= 11 is 0. The van der Waals surface area contributed by atoms with Crippen LogP contribution in [0.25, 0.3) is 0 Å². The van der Waals surface area contributed by atoms with E-state index in [-0.39, 0.29) is 0 Å². The zero-order valence-electron chi connectivity index (χ0n) is 8.10. The zero-order valence-corrected chi connectivity index (χ0v) is 8.10. The van der Waals surface area contributed by atoms with Gasteiger partial charge in [0.2, 0.25) is 0 Å². The van der Waals surface area contributed by atoms with Gasteiger partial charge in [-0.2, -0.15) is 0 Å². The first kappa shape index (κ1) is 9.39. The van der Waals surface area contributed by atoms with Gasteiger partial charge in [0.1, 0.15) is 6.26 Å². The fourth-order valence-electron chi connectivity index (χ4n) is 1.28. The van der Waals surface area contributed by atoms with Crippen LogP contribution in [-0.4, -0.2) is 5.16 Å². The van der Waals surface area contributed by atoms with E-state index in [1.165, 1.54) is 6.26 Å². The highest BCUT2D eigenvalue weighted by Gasteiger charge is 2.02. The van der Waals surface area contributed by atoms with Crippen molar-refractivity contribution >= 4 is 17.2 Å². The standard InChI is InChI=1S/C10H12N4O/c11-8-3-1-2-7(10(8)12)6-13-9-4-5-15-14-9/h1-5H,6,11-12H2,(H,13,14). The molecule has 0 atom stereocenters. The summed E-state index contributed by atoms with van der Waals surface area (Å²) in [4.78, 5) is 0. The zero-order chi connectivity index (χ0) is 10.7. The van der Waals surface area contributed by atoms with Gasteiger partial charge in [0.25, 0.3) is 0 Å². The minimum absolute atomic E-state index is 0.573. The number of nitrogens with two attached hydrogens (primary N) is 2. The molecule has 0 amide bonds. The quantitative estimate of drug-likeness (QED) is 0.658. The Morgan fingerprint density at radius 3 is 2.87 bits per heavy atom. The Hall–Kier alpha value is -2.17. The lowest BCUT2D eigenvalue weighted by Gasteiger charge is -2.08. The van der Waals surface area contributed by atoms with E-state index in [4.69, 9.17) is 11.5 Å². The number of para-hydroxylation sites is 1. The van der Waals surface area contributed by atoms with Crippen molar-refractivity contribution < 1.29 is 4.52 Å². The Kier molecular flexibility index (Phi) is 2.45. The smallest absolute Gasteiger partial charge is 0.169 e. The number of rotatable bonds is 3. The Balaban J connectivity index is 2.08. The molecule has 78 valence electrons. The van der Waals surface area contributed by atoms with Crippen LogP contribution in [0.4, 0.5) is 17.2 Å². The number of hydrogen-bond donors (Lipinski definition) is 3. The van der Waals surface area contributed by atoms with Gasteiger partial charge in [-0.25, -0.2) is 0 Å². The molecular weight excluding hydrogens is 192 g/mol. The number of hydrogen-bond acceptors (Lipinski definition) is 5. The SMILES string of the molecule is Nc1cccc(CNc2ccon2)c1N. The van der Waals surface area contributed by atoms with Crippen LogP contribution < -0.4 is 16.8 Å². The average molecular weight is 204 g/mol. The average Bonchev–Trinajstić information content (AvgIpc) is 2.73. The monoisotopic (exact) mass is 204 g/mol. The third-order valence-electron chi connectivity index (χ3n) is 2.13. The molecule has 0 aliphatic heterocycles. The second kappa shape index (κ2) is 3.91. The van der Waals surface area contributed by atoms with E-state index >= 15 is 0 Å². The van der Waals surface area contributed by atoms with Gasteiger partial charge in [-0.15, -0.1) is 0 Å². The van der Waals surface area contributed by atoms with Crippen LogP contribution in [0, 0.1) is 0 Å². The van der Waals surface area contributed by atoms with Crippen molar-refractivity contribution in [1.29, 1.82) is 0 Å². The normalized spacial score (nSPS) is 10.1. The van der Waals surface area contributed by atoms with Crippen molar-refractivity contribution in [2.75, 3.05) is 16.8 Å². The Morgan fingerprint density at radius 2 is 2.13 bits per heavy atom. The van der Waals surface area contributed by atoms with Crippen molar-refractivity contribution in [2.45, 2.75) is 6.54 Å². The molecule has 0 saturated heterocycles. The second-order valence-corrected chi connectivity index (χ2v) is 3.16. The van der Waals surface area contributed by atoms with Crippen molar-refractivity contribution in [1.82, 2.24) is 5.16 Å². The molecule has 0 saturated carbocycles. The third-order valence-corrected chi connectivity index (χ3v) is 2.13. The van der Waals surface area contributed by atoms with Gasteiger partial charge in [-0.3, -0.25) is 0 Å². The lowest BCUT2D eigenvalue weighted by Crippen LogP contribution is -2.05. The molecule has 5 N–H and O–H groups in total. The van der Waals surface area contributed by atoms with Gasteiger partial charge in [-0.05, 0) is 11.6 Å². The highest BCUT2D eigenvalue weighted by atomic mass is 16.5. The molecule has 0 spiro atoms. The molecule has 15 heavy (non-hydrogen) atoms. The van der Waals surface area contributed by atoms with Crippen LogP contribution in [-0.2, 0) is 6.54 Å². The fourth-order valence-corrected chi connectivity index (χ4v) is 1.28. The number of aromatic nitrogens is 1. The lowest BCUT2D eigenvalue weighted by atomic mass is 10.1. The first-order chi connectivity index (χ1) is 7.27. The molecule has 1 aromatic carbocycles. The Morgan fingerprint density at radius 1 is 1.27 bits per heavy atom. The van der Waals surface area contributed by atoms with Gasteiger partial charge in [0, 0.05) is 12.6 Å². The molecule has 0 aliphatic carbocycles. The second-order valence-electron chi connectivity index (χ2n) is 3.16. The van der Waals surface area contributed by atoms with Gasteiger partial charge >= 0.3 is 0 Å². The number of anilines is 3. The number of nitrogens with one attached hydrogen (secondary N) is 1. The molecule has 1 heterocycles. The molecule has 0 bridgehead atoms. The predicted molar refractivity (Wildman–Crippen MR) is 59.1 cm³/mol. The highest BCUT2D eigenvalue weighted by molar-refractivity contribution is 5.67. The third kappa shape index (κ3) is 2.01. The van der Waals surface area contributed by atoms with E-state index in [2.05, 4.69) is 15.0 Å². The molecule has 0 unspecified atom stereocenters. The summed E-state index contributed by atoms with van der Waals surface area (Å²) in [5, 5.41) is 6.79. The van der Waals surface area contributed by atoms with E-state index in [0.717, 1.165) is 5.56 Å². The molecule has 5 heteroatoms. The largest absolute Gasteiger partial charge is 0.397 e. The topological polar surface area (TPSA) is 90.1 Å². The van der Waals surface area contributed by atoms with Gasteiger partial charge in [-0.1, -0.05) is 17.3 Å². The maximum atomic E-state index is 5.81. The molecular formula is C10H12N4O. The minimum Gasteiger partial charge on any atom is -0.397 e. The number of benzene rings is 1. The lowest BCUT2D eigenvalue weighted by molar-refractivity contribution is 0.422. The minimum atomic E-state index is 0.573. The molecule has 2 rings (SSSR count). The maximum Gasteiger partial charge on any atom is 0.169 e. The summed E-state index contributed by atoms with van der Waals surface area (Å²) in [7, 11) is 0. The first-order valence-electron chi connectivity index (χ1n) is 4.54. The summed E-state index contributed by atoms with van der Waals surface area (Å²) in [6.07, 6.45) is 1.51. The van der Waals surface area contributed by atoms with Gasteiger partial charge in [0.15, 0.2) is 5.82 Å². The molecule has 0 aliphatic rings. The van der Waals surface area contributed by atoms with Crippen LogP contribution >= 0.6 is 0 Å². The van der Waals surface area contributed by atoms with Crippen molar-refractivity contribution in [3.8, 4) is 0 Å². The van der Waals surface area contributed by atoms with Crippen LogP contribution in [0.2, 0.25) is 0 Å². The summed E-state index contributed by atoms with van der Waals surface area (Å²) < 4.78 is 4.69. The van der Waals surface area contributed by atoms with E-state index in [9.17, 15) is 0 Å². The predicted octanol–water partition coefficient (Wildman–Crippen LogP) is 1.45. The molecule has 5 nitrogen and oxygen atoms in total. The van der Waals surface area contributed by atoms with Crippen LogP contribution in [0.5, 0.6) is 0 Å². The summed E-state index contributed by atoms with van der Waals surface area (Å²) in [6.45, 7) is 0.573. The molecule has 0 radical (unpaired) electrons. The van der Waals surface area contributed by atoms with Crippen LogP contribution in [0.3, 0.4) is 0 Å². The molecule has 2 aromatic rings. The summed E-state index contributed by atoms with van der Waals surface area (Å²) in [6, 6.07) is 7.29. The van der Waals surface area contributed by atoms with Crippen LogP contribution in [0.15, 0.2) is 35.1 Å². The van der Waals surface area contributed by atoms with E-state index in [1.807, 2.05) is 12.1 Å². The van der Waals surface area contributed by atoms with Crippen molar-refractivity contribution in [3.05, 3.63) is 36.1 Å². The highest BCUT2D eigenvalue weighted by Crippen LogP contribution is 2.20. The maximum absolute atomic E-state index is 5.81. The van der Waals surface area contributed by atoms with Crippen LogP contribution in [0.1, 0.15) is 5.56 Å². The number of nitrogens with zero attached hydrogens (tertiary/aromatic N) is 1. The van der Waals surface area contributed by atoms with Gasteiger partial charge in [0.05, 0.1) is 11.4 Å². The van der Waals surface area contributed by atoms with E-state index < -0.39 is 0 Å². The number of nitrogen functional groups attached to an aromatic ring is 2. The Bertz CT molecular complexity index is 439. The van der Waals surface area contributed by atoms with E-state index in [0.29, 0.717) is 23.7 Å². The first-order valence-corrected chi connectivity index (χ1v) is 4.54. The Labute approximate surface area is 87.0 Å². The molecule has 0 fully saturated rings. The van der Waals surface area contributed by atoms with Gasteiger partial charge < -0.3 is 21.3 Å². The summed E-state index contributed by atoms with van der Waals surface area (Å²) in [5.41, 5.74) is 13.6. The summed E-state index contributed by atoms with van der Waals surface area (Å²) in [5.74, 6) is 0.678. The molecule has 1 aromatic heterocycles. The van der Waals surface area contributed by atoms with E-state index in [1.54, 1.807) is 12.1 Å². The van der Waals surface area contributed by atoms with Crippen molar-refractivity contribution in [2.24, 2.45) is 0 Å².